The molecule has 0 saturated heterocycles. The first-order chi connectivity index (χ1) is 13.8. The molecular formula is C21H24N4O3S. The molecule has 7 nitrogen and oxygen atoms in total. The summed E-state index contributed by atoms with van der Waals surface area (Å²) in [5.74, 6) is 1.10. The van der Waals surface area contributed by atoms with E-state index < -0.39 is 0 Å². The molecule has 0 bridgehead atoms. The van der Waals surface area contributed by atoms with Crippen molar-refractivity contribution in [2.45, 2.75) is 46.3 Å². The fraction of sp³-hybridized carbons (Fsp3) is 0.381. The van der Waals surface area contributed by atoms with Gasteiger partial charge in [0.15, 0.2) is 0 Å². The molecule has 0 fully saturated rings. The number of anilines is 1. The minimum absolute atomic E-state index is 0.109. The van der Waals surface area contributed by atoms with E-state index in [0.717, 1.165) is 21.9 Å². The topological polar surface area (TPSA) is 77.7 Å². The second-order valence-electron chi connectivity index (χ2n) is 7.85. The molecule has 0 amide bonds. The summed E-state index contributed by atoms with van der Waals surface area (Å²) in [5, 5.41) is 4.93. The van der Waals surface area contributed by atoms with Gasteiger partial charge in [0.05, 0.1) is 30.4 Å². The lowest BCUT2D eigenvalue weighted by Crippen LogP contribution is -2.32. The zero-order valence-corrected chi connectivity index (χ0v) is 18.0. The van der Waals surface area contributed by atoms with Gasteiger partial charge in [-0.3, -0.25) is 4.79 Å². The Morgan fingerprint density at radius 3 is 2.69 bits per heavy atom. The van der Waals surface area contributed by atoms with Gasteiger partial charge in [-0.25, -0.2) is 15.0 Å². The Morgan fingerprint density at radius 2 is 2.03 bits per heavy atom. The van der Waals surface area contributed by atoms with Gasteiger partial charge in [-0.05, 0) is 57.5 Å². The fourth-order valence-electron chi connectivity index (χ4n) is 3.40. The van der Waals surface area contributed by atoms with Gasteiger partial charge in [-0.15, -0.1) is 11.3 Å². The number of hydrogen-bond donors (Lipinski definition) is 1. The summed E-state index contributed by atoms with van der Waals surface area (Å²) in [6, 6.07) is 7.33. The van der Waals surface area contributed by atoms with E-state index in [1.54, 1.807) is 11.7 Å². The first-order valence-corrected chi connectivity index (χ1v) is 10.2. The minimum atomic E-state index is -0.307. The molecule has 1 N–H and O–H groups in total. The second kappa shape index (κ2) is 7.27. The number of hydrazone groups is 1. The Labute approximate surface area is 173 Å². The quantitative estimate of drug-likeness (QED) is 0.515. The van der Waals surface area contributed by atoms with Crippen molar-refractivity contribution in [1.29, 1.82) is 0 Å². The van der Waals surface area contributed by atoms with Crippen LogP contribution in [0.25, 0.3) is 15.9 Å². The van der Waals surface area contributed by atoms with E-state index in [4.69, 9.17) is 14.5 Å². The third-order valence-corrected chi connectivity index (χ3v) is 5.91. The molecule has 0 aliphatic carbocycles. The van der Waals surface area contributed by atoms with Crippen LogP contribution in [0, 0.1) is 0 Å². The summed E-state index contributed by atoms with van der Waals surface area (Å²) in [4.78, 5) is 20.2. The molecule has 3 heterocycles. The third-order valence-electron chi connectivity index (χ3n) is 4.81. The van der Waals surface area contributed by atoms with Gasteiger partial charge in [-0.1, -0.05) is 0 Å². The van der Waals surface area contributed by atoms with Crippen molar-refractivity contribution in [3.63, 3.8) is 0 Å². The monoisotopic (exact) mass is 412 g/mol. The summed E-state index contributed by atoms with van der Waals surface area (Å²) < 4.78 is 12.8. The van der Waals surface area contributed by atoms with Crippen molar-refractivity contribution < 1.29 is 9.47 Å². The molecule has 0 radical (unpaired) electrons. The lowest BCUT2D eigenvalue weighted by atomic mass is 9.94. The first-order valence-electron chi connectivity index (χ1n) is 9.41. The average molecular weight is 413 g/mol. The third kappa shape index (κ3) is 3.65. The average Bonchev–Trinajstić information content (AvgIpc) is 3.03. The van der Waals surface area contributed by atoms with Crippen molar-refractivity contribution >= 4 is 33.2 Å². The highest BCUT2D eigenvalue weighted by Crippen LogP contribution is 2.37. The number of rotatable bonds is 4. The van der Waals surface area contributed by atoms with Crippen molar-refractivity contribution in [3.05, 3.63) is 45.1 Å². The molecule has 1 aliphatic rings. The lowest BCUT2D eigenvalue weighted by molar-refractivity contribution is -0.0379. The predicted molar refractivity (Wildman–Crippen MR) is 117 cm³/mol. The van der Waals surface area contributed by atoms with Gasteiger partial charge in [0.2, 0.25) is 5.95 Å². The van der Waals surface area contributed by atoms with Gasteiger partial charge in [-0.2, -0.15) is 5.10 Å². The lowest BCUT2D eigenvalue weighted by Gasteiger charge is -2.29. The molecule has 4 rings (SSSR count). The molecule has 0 spiro atoms. The van der Waals surface area contributed by atoms with E-state index in [0.29, 0.717) is 34.9 Å². The van der Waals surface area contributed by atoms with Crippen LogP contribution in [-0.2, 0) is 17.8 Å². The van der Waals surface area contributed by atoms with E-state index >= 15 is 0 Å². The molecule has 1 aromatic carbocycles. The zero-order valence-electron chi connectivity index (χ0n) is 17.2. The van der Waals surface area contributed by atoms with Crippen LogP contribution in [0.4, 0.5) is 5.95 Å². The zero-order chi connectivity index (χ0) is 20.8. The van der Waals surface area contributed by atoms with Crippen molar-refractivity contribution in [1.82, 2.24) is 9.55 Å². The second-order valence-corrected chi connectivity index (χ2v) is 8.94. The van der Waals surface area contributed by atoms with Crippen LogP contribution in [0.5, 0.6) is 5.75 Å². The summed E-state index contributed by atoms with van der Waals surface area (Å²) in [7, 11) is 1.61. The smallest absolute Gasteiger partial charge is 0.268 e. The van der Waals surface area contributed by atoms with Gasteiger partial charge in [0.25, 0.3) is 5.56 Å². The van der Waals surface area contributed by atoms with Crippen molar-refractivity contribution in [2.75, 3.05) is 12.5 Å². The van der Waals surface area contributed by atoms with Gasteiger partial charge in [0.1, 0.15) is 10.6 Å². The molecule has 0 saturated carbocycles. The molecular weight excluding hydrogens is 388 g/mol. The number of nitrogens with zero attached hydrogens (tertiary/aromatic N) is 3. The minimum Gasteiger partial charge on any atom is -0.497 e. The van der Waals surface area contributed by atoms with Crippen LogP contribution < -0.4 is 15.7 Å². The standard InChI is InChI=1S/C21H24N4O3S/c1-12(2)23-24-20-22-18-17(15-10-21(3,4)28-11-16(15)29-18)19(26)25(20)13-6-8-14(27-5)9-7-13/h6-9H,10-11H2,1-5H3,(H,22,24). The van der Waals surface area contributed by atoms with Crippen molar-refractivity contribution in [3.8, 4) is 11.4 Å². The van der Waals surface area contributed by atoms with Crippen LogP contribution in [0.2, 0.25) is 0 Å². The molecule has 2 aromatic heterocycles. The Morgan fingerprint density at radius 1 is 1.31 bits per heavy atom. The maximum absolute atomic E-state index is 13.7. The van der Waals surface area contributed by atoms with E-state index in [1.807, 2.05) is 52.0 Å². The van der Waals surface area contributed by atoms with Crippen LogP contribution in [0.3, 0.4) is 0 Å². The maximum Gasteiger partial charge on any atom is 0.268 e. The Balaban J connectivity index is 1.97. The first kappa shape index (κ1) is 19.6. The fourth-order valence-corrected chi connectivity index (χ4v) is 4.49. The summed E-state index contributed by atoms with van der Waals surface area (Å²) in [6.45, 7) is 8.35. The van der Waals surface area contributed by atoms with Gasteiger partial charge >= 0.3 is 0 Å². The number of ether oxygens (including phenoxy) is 2. The van der Waals surface area contributed by atoms with Crippen LogP contribution in [-0.4, -0.2) is 28.0 Å². The normalized spacial score (nSPS) is 15.1. The number of nitrogens with one attached hydrogen (secondary N) is 1. The van der Waals surface area contributed by atoms with E-state index in [2.05, 4.69) is 10.5 Å². The van der Waals surface area contributed by atoms with Crippen molar-refractivity contribution in [2.24, 2.45) is 5.10 Å². The van der Waals surface area contributed by atoms with Crippen LogP contribution in [0.15, 0.2) is 34.2 Å². The molecule has 0 atom stereocenters. The van der Waals surface area contributed by atoms with Gasteiger partial charge in [0, 0.05) is 17.0 Å². The largest absolute Gasteiger partial charge is 0.497 e. The number of benzene rings is 1. The number of hydrogen-bond acceptors (Lipinski definition) is 7. The molecule has 29 heavy (non-hydrogen) atoms. The highest BCUT2D eigenvalue weighted by molar-refractivity contribution is 7.18. The number of methoxy groups -OCH3 is 1. The predicted octanol–water partition coefficient (Wildman–Crippen LogP) is 4.11. The highest BCUT2D eigenvalue weighted by atomic mass is 32.1. The molecule has 1 aliphatic heterocycles. The molecule has 152 valence electrons. The summed E-state index contributed by atoms with van der Waals surface area (Å²) >= 11 is 1.52. The number of fused-ring (bicyclic) bond motifs is 3. The summed E-state index contributed by atoms with van der Waals surface area (Å²) in [5.41, 5.74) is 5.11. The molecule has 8 heteroatoms. The molecule has 3 aromatic rings. The summed E-state index contributed by atoms with van der Waals surface area (Å²) in [6.07, 6.45) is 0.681. The maximum atomic E-state index is 13.7. The molecule has 0 unspecified atom stereocenters. The Kier molecular flexibility index (Phi) is 4.92. The SMILES string of the molecule is COc1ccc(-n2c(NN=C(C)C)nc3sc4c(c3c2=O)CC(C)(C)OC4)cc1. The Hall–Kier alpha value is -2.71. The van der Waals surface area contributed by atoms with Gasteiger partial charge < -0.3 is 9.47 Å². The van der Waals surface area contributed by atoms with Crippen LogP contribution >= 0.6 is 11.3 Å². The Bertz CT molecular complexity index is 1160. The van der Waals surface area contributed by atoms with Crippen LogP contribution in [0.1, 0.15) is 38.1 Å². The number of aromatic nitrogens is 2. The van der Waals surface area contributed by atoms with E-state index in [9.17, 15) is 4.79 Å². The number of thiophene rings is 1. The van der Waals surface area contributed by atoms with E-state index in [1.165, 1.54) is 11.3 Å². The highest BCUT2D eigenvalue weighted by Gasteiger charge is 2.31. The van der Waals surface area contributed by atoms with E-state index in [-0.39, 0.29) is 11.2 Å².